The van der Waals surface area contributed by atoms with Crippen molar-refractivity contribution in [3.8, 4) is 11.4 Å². The summed E-state index contributed by atoms with van der Waals surface area (Å²) in [4.78, 5) is 15.1. The van der Waals surface area contributed by atoms with E-state index in [0.29, 0.717) is 13.0 Å². The molecule has 0 radical (unpaired) electrons. The molecule has 1 unspecified atom stereocenters. The molecular weight excluding hydrogens is 350 g/mol. The van der Waals surface area contributed by atoms with E-state index in [4.69, 9.17) is 4.74 Å². The fourth-order valence-electron chi connectivity index (χ4n) is 4.46. The number of aromatic nitrogens is 1. The van der Waals surface area contributed by atoms with Crippen LogP contribution in [0.15, 0.2) is 66.9 Å². The van der Waals surface area contributed by atoms with E-state index in [1.165, 1.54) is 5.56 Å². The minimum atomic E-state index is -0.382. The summed E-state index contributed by atoms with van der Waals surface area (Å²) in [7, 11) is 1.67. The van der Waals surface area contributed by atoms with Crippen LogP contribution in [0.1, 0.15) is 24.1 Å². The third kappa shape index (κ3) is 2.66. The zero-order valence-electron chi connectivity index (χ0n) is 15.9. The maximum Gasteiger partial charge on any atom is 0.225 e. The predicted octanol–water partition coefficient (Wildman–Crippen LogP) is 3.93. The Hall–Kier alpha value is -3.21. The van der Waals surface area contributed by atoms with Crippen molar-refractivity contribution < 1.29 is 9.53 Å². The Kier molecular flexibility index (Phi) is 3.90. The highest BCUT2D eigenvalue weighted by molar-refractivity contribution is 5.81. The molecule has 1 aromatic heterocycles. The highest BCUT2D eigenvalue weighted by Crippen LogP contribution is 2.44. The summed E-state index contributed by atoms with van der Waals surface area (Å²) < 4.78 is 7.61. The molecule has 1 N–H and O–H groups in total. The molecule has 142 valence electrons. The number of ether oxygens (including phenoxy) is 1. The Morgan fingerprint density at radius 2 is 1.96 bits per heavy atom. The van der Waals surface area contributed by atoms with Gasteiger partial charge in [0.1, 0.15) is 5.75 Å². The predicted molar refractivity (Wildman–Crippen MR) is 109 cm³/mol. The van der Waals surface area contributed by atoms with E-state index in [1.54, 1.807) is 7.11 Å². The number of carbonyl (C=O) groups excluding carboxylic acids is 1. The first kappa shape index (κ1) is 16.9. The Morgan fingerprint density at radius 3 is 2.75 bits per heavy atom. The number of methoxy groups -OCH3 is 1. The fraction of sp³-hybridized carbons (Fsp3) is 0.261. The van der Waals surface area contributed by atoms with Crippen molar-refractivity contribution in [1.82, 2.24) is 9.47 Å². The molecule has 1 atom stereocenters. The van der Waals surface area contributed by atoms with Gasteiger partial charge in [-0.2, -0.15) is 0 Å². The van der Waals surface area contributed by atoms with Gasteiger partial charge in [0.25, 0.3) is 0 Å². The van der Waals surface area contributed by atoms with Gasteiger partial charge in [-0.15, -0.1) is 0 Å². The molecule has 28 heavy (non-hydrogen) atoms. The van der Waals surface area contributed by atoms with Crippen molar-refractivity contribution in [2.75, 3.05) is 19.0 Å². The lowest BCUT2D eigenvalue weighted by Gasteiger charge is -2.45. The largest absolute Gasteiger partial charge is 0.497 e. The summed E-state index contributed by atoms with van der Waals surface area (Å²) in [5.74, 6) is 0.992. The molecule has 2 aliphatic rings. The maximum absolute atomic E-state index is 13.1. The summed E-state index contributed by atoms with van der Waals surface area (Å²) in [5, 5.41) is 3.70. The first-order valence-corrected chi connectivity index (χ1v) is 9.65. The summed E-state index contributed by atoms with van der Waals surface area (Å²) >= 11 is 0. The molecule has 5 nitrogen and oxygen atoms in total. The topological polar surface area (TPSA) is 46.5 Å². The van der Waals surface area contributed by atoms with Gasteiger partial charge in [-0.25, -0.2) is 0 Å². The normalized spacial score (nSPS) is 20.5. The second-order valence-corrected chi connectivity index (χ2v) is 7.58. The number of benzene rings is 2. The zero-order chi connectivity index (χ0) is 19.1. The van der Waals surface area contributed by atoms with Gasteiger partial charge in [-0.1, -0.05) is 30.3 Å². The van der Waals surface area contributed by atoms with Gasteiger partial charge in [0.15, 0.2) is 0 Å². The molecule has 5 heteroatoms. The van der Waals surface area contributed by atoms with Gasteiger partial charge in [0.2, 0.25) is 5.91 Å². The quantitative estimate of drug-likeness (QED) is 0.757. The van der Waals surface area contributed by atoms with Crippen molar-refractivity contribution in [2.45, 2.75) is 24.9 Å². The number of amides is 1. The zero-order valence-corrected chi connectivity index (χ0v) is 15.9. The minimum absolute atomic E-state index is 0.182. The third-order valence-electron chi connectivity index (χ3n) is 5.91. The lowest BCUT2D eigenvalue weighted by Crippen LogP contribution is -2.51. The minimum Gasteiger partial charge on any atom is -0.497 e. The van der Waals surface area contributed by atoms with Crippen LogP contribution in [-0.2, 0) is 16.9 Å². The van der Waals surface area contributed by atoms with Gasteiger partial charge < -0.3 is 19.5 Å². The van der Waals surface area contributed by atoms with Gasteiger partial charge >= 0.3 is 0 Å². The van der Waals surface area contributed by atoms with E-state index in [9.17, 15) is 4.79 Å². The molecule has 2 aromatic carbocycles. The van der Waals surface area contributed by atoms with Gasteiger partial charge in [0, 0.05) is 31.0 Å². The van der Waals surface area contributed by atoms with Crippen LogP contribution in [0.2, 0.25) is 0 Å². The number of fused-ring (bicyclic) bond motifs is 4. The molecular formula is C23H23N3O2. The highest BCUT2D eigenvalue weighted by atomic mass is 16.5. The van der Waals surface area contributed by atoms with Crippen LogP contribution in [0.25, 0.3) is 5.69 Å². The number of hydrogen-bond donors (Lipinski definition) is 1. The van der Waals surface area contributed by atoms with E-state index in [1.807, 2.05) is 35.2 Å². The summed E-state index contributed by atoms with van der Waals surface area (Å²) in [6.45, 7) is 1.40. The number of anilines is 1. The van der Waals surface area contributed by atoms with Crippen molar-refractivity contribution in [3.05, 3.63) is 78.1 Å². The molecule has 3 aromatic rings. The van der Waals surface area contributed by atoms with E-state index in [2.05, 4.69) is 46.4 Å². The van der Waals surface area contributed by atoms with Gasteiger partial charge in [-0.3, -0.25) is 4.79 Å². The van der Waals surface area contributed by atoms with E-state index in [0.717, 1.165) is 35.8 Å². The molecule has 1 amide bonds. The molecule has 0 bridgehead atoms. The summed E-state index contributed by atoms with van der Waals surface area (Å²) in [6.07, 6.45) is 3.39. The molecule has 0 aliphatic carbocycles. The lowest BCUT2D eigenvalue weighted by molar-refractivity contribution is -0.136. The SMILES string of the molecule is COc1ccc2c(c1)NC1(CCN(Cc3ccccc3)C(=O)C1)c1cccn1-2. The maximum atomic E-state index is 13.1. The number of rotatable bonds is 3. The second kappa shape index (κ2) is 6.44. The molecule has 1 fully saturated rings. The Labute approximate surface area is 164 Å². The number of hydrogen-bond acceptors (Lipinski definition) is 3. The first-order chi connectivity index (χ1) is 13.7. The third-order valence-corrected chi connectivity index (χ3v) is 5.91. The van der Waals surface area contributed by atoms with Crippen LogP contribution in [0, 0.1) is 0 Å². The van der Waals surface area contributed by atoms with Crippen molar-refractivity contribution >= 4 is 11.6 Å². The van der Waals surface area contributed by atoms with E-state index in [-0.39, 0.29) is 11.4 Å². The average molecular weight is 373 g/mol. The molecule has 0 saturated carbocycles. The number of likely N-dealkylation sites (tertiary alicyclic amines) is 1. The summed E-state index contributed by atoms with van der Waals surface area (Å²) in [5.41, 5.74) is 4.03. The van der Waals surface area contributed by atoms with Crippen LogP contribution in [0.3, 0.4) is 0 Å². The molecule has 5 rings (SSSR count). The number of nitrogens with one attached hydrogen (secondary N) is 1. The lowest BCUT2D eigenvalue weighted by atomic mass is 9.82. The van der Waals surface area contributed by atoms with Crippen LogP contribution in [0.5, 0.6) is 5.75 Å². The van der Waals surface area contributed by atoms with Crippen LogP contribution in [-0.4, -0.2) is 29.0 Å². The highest BCUT2D eigenvalue weighted by Gasteiger charge is 2.44. The van der Waals surface area contributed by atoms with E-state index >= 15 is 0 Å². The number of carbonyl (C=O) groups is 1. The fourth-order valence-corrected chi connectivity index (χ4v) is 4.46. The van der Waals surface area contributed by atoms with Crippen molar-refractivity contribution in [3.63, 3.8) is 0 Å². The number of nitrogens with zero attached hydrogens (tertiary/aromatic N) is 2. The van der Waals surface area contributed by atoms with Crippen molar-refractivity contribution in [2.24, 2.45) is 0 Å². The van der Waals surface area contributed by atoms with Gasteiger partial charge in [-0.05, 0) is 36.2 Å². The van der Waals surface area contributed by atoms with Crippen LogP contribution >= 0.6 is 0 Å². The Balaban J connectivity index is 1.46. The van der Waals surface area contributed by atoms with E-state index < -0.39 is 0 Å². The smallest absolute Gasteiger partial charge is 0.225 e. The molecule has 1 saturated heterocycles. The summed E-state index contributed by atoms with van der Waals surface area (Å²) in [6, 6.07) is 20.4. The van der Waals surface area contributed by atoms with Crippen LogP contribution < -0.4 is 10.1 Å². The molecule has 1 spiro atoms. The van der Waals surface area contributed by atoms with Crippen LogP contribution in [0.4, 0.5) is 5.69 Å². The van der Waals surface area contributed by atoms with Crippen molar-refractivity contribution in [1.29, 1.82) is 0 Å². The number of piperidine rings is 1. The average Bonchev–Trinajstić information content (AvgIpc) is 3.22. The Morgan fingerprint density at radius 1 is 1.11 bits per heavy atom. The monoisotopic (exact) mass is 373 g/mol. The Bertz CT molecular complexity index is 1030. The molecule has 2 aliphatic heterocycles. The second-order valence-electron chi connectivity index (χ2n) is 7.58. The van der Waals surface area contributed by atoms with Gasteiger partial charge in [0.05, 0.1) is 30.4 Å². The first-order valence-electron chi connectivity index (χ1n) is 9.65. The standard InChI is InChI=1S/C23H23N3O2/c1-28-18-9-10-20-19(14-18)24-23(21-8-5-12-26(20)21)11-13-25(22(27)15-23)16-17-6-3-2-4-7-17/h2-10,12,14,24H,11,13,15-16H2,1H3. The molecule has 3 heterocycles.